The molecular weight excluding hydrogens is 300 g/mol. The van der Waals surface area contributed by atoms with Crippen molar-refractivity contribution in [2.75, 3.05) is 0 Å². The zero-order valence-corrected chi connectivity index (χ0v) is 9.41. The molecule has 0 spiro atoms. The summed E-state index contributed by atoms with van der Waals surface area (Å²) in [4.78, 5) is 15.5. The fourth-order valence-electron chi connectivity index (χ4n) is 1.24. The minimum absolute atomic E-state index is 0.0158. The fourth-order valence-corrected chi connectivity index (χ4v) is 2.57. The van der Waals surface area contributed by atoms with Gasteiger partial charge >= 0.3 is 0 Å². The van der Waals surface area contributed by atoms with Crippen LogP contribution in [0.25, 0.3) is 0 Å². The molecule has 2 nitrogen and oxygen atoms in total. The van der Waals surface area contributed by atoms with Crippen molar-refractivity contribution >= 4 is 45.7 Å². The molecule has 4 heteroatoms. The summed E-state index contributed by atoms with van der Waals surface area (Å²) in [5.74, 6) is -0.0158. The van der Waals surface area contributed by atoms with Crippen LogP contribution in [-0.4, -0.2) is 15.4 Å². The van der Waals surface area contributed by atoms with Gasteiger partial charge in [-0.25, -0.2) is 0 Å². The molecule has 66 valence electrons. The molecule has 13 heavy (non-hydrogen) atoms. The van der Waals surface area contributed by atoms with Gasteiger partial charge in [0.15, 0.2) is 5.78 Å². The predicted molar refractivity (Wildman–Crippen MR) is 61.4 cm³/mol. The first kappa shape index (κ1) is 9.15. The van der Waals surface area contributed by atoms with Crippen molar-refractivity contribution < 1.29 is 4.79 Å². The normalized spacial score (nSPS) is 26.2. The molecule has 2 aliphatic rings. The highest BCUT2D eigenvalue weighted by Crippen LogP contribution is 2.26. The van der Waals surface area contributed by atoms with Gasteiger partial charge in [0.05, 0.1) is 9.64 Å². The summed E-state index contributed by atoms with van der Waals surface area (Å²) in [7, 11) is 0. The van der Waals surface area contributed by atoms with E-state index < -0.39 is 0 Å². The van der Waals surface area contributed by atoms with Crippen molar-refractivity contribution in [3.8, 4) is 0 Å². The Balaban J connectivity index is 2.52. The van der Waals surface area contributed by atoms with Crippen LogP contribution in [0.15, 0.2) is 40.0 Å². The smallest absolute Gasteiger partial charge is 0.189 e. The first-order valence-electron chi connectivity index (χ1n) is 3.70. The first-order valence-corrected chi connectivity index (χ1v) is 5.33. The average Bonchev–Trinajstić information content (AvgIpc) is 2.07. The number of halogens is 2. The van der Waals surface area contributed by atoms with Crippen LogP contribution in [0.1, 0.15) is 0 Å². The van der Waals surface area contributed by atoms with Gasteiger partial charge in [-0.15, -0.1) is 0 Å². The Labute approximate surface area is 94.2 Å². The Hall–Kier alpha value is -0.420. The van der Waals surface area contributed by atoms with Gasteiger partial charge in [-0.1, -0.05) is 34.2 Å². The highest BCUT2D eigenvalue weighted by atomic mass is 127. The SMILES string of the molecule is O=C1C=CN=C2C1=CC(Cl)=CC2I. The van der Waals surface area contributed by atoms with Crippen LogP contribution >= 0.6 is 34.2 Å². The molecule has 0 radical (unpaired) electrons. The van der Waals surface area contributed by atoms with E-state index >= 15 is 0 Å². The number of carbonyl (C=O) groups is 1. The van der Waals surface area contributed by atoms with E-state index in [9.17, 15) is 4.79 Å². The van der Waals surface area contributed by atoms with Crippen molar-refractivity contribution in [3.05, 3.63) is 35.0 Å². The van der Waals surface area contributed by atoms with Crippen LogP contribution in [-0.2, 0) is 4.79 Å². The van der Waals surface area contributed by atoms with E-state index in [1.165, 1.54) is 12.3 Å². The first-order chi connectivity index (χ1) is 6.18. The molecule has 0 amide bonds. The molecule has 1 unspecified atom stereocenters. The van der Waals surface area contributed by atoms with Crippen LogP contribution in [0.5, 0.6) is 0 Å². The van der Waals surface area contributed by atoms with Gasteiger partial charge < -0.3 is 0 Å². The van der Waals surface area contributed by atoms with Crippen molar-refractivity contribution in [1.29, 1.82) is 0 Å². The molecule has 0 N–H and O–H groups in total. The Morgan fingerprint density at radius 3 is 3.08 bits per heavy atom. The van der Waals surface area contributed by atoms with Crippen molar-refractivity contribution in [2.24, 2.45) is 4.99 Å². The van der Waals surface area contributed by atoms with Crippen LogP contribution in [0.2, 0.25) is 0 Å². The van der Waals surface area contributed by atoms with Crippen molar-refractivity contribution in [1.82, 2.24) is 0 Å². The maximum Gasteiger partial charge on any atom is 0.189 e. The Kier molecular flexibility index (Phi) is 2.38. The van der Waals surface area contributed by atoms with Gasteiger partial charge in [-0.3, -0.25) is 9.79 Å². The van der Waals surface area contributed by atoms with Crippen molar-refractivity contribution in [3.63, 3.8) is 0 Å². The van der Waals surface area contributed by atoms with Crippen LogP contribution < -0.4 is 0 Å². The second kappa shape index (κ2) is 3.38. The number of nitrogens with zero attached hydrogens (tertiary/aromatic N) is 1. The quantitative estimate of drug-likeness (QED) is 0.499. The second-order valence-electron chi connectivity index (χ2n) is 2.71. The molecule has 0 aromatic carbocycles. The lowest BCUT2D eigenvalue weighted by atomic mass is 9.97. The topological polar surface area (TPSA) is 29.4 Å². The average molecular weight is 306 g/mol. The van der Waals surface area contributed by atoms with Gasteiger partial charge in [-0.2, -0.15) is 0 Å². The summed E-state index contributed by atoms with van der Waals surface area (Å²) in [6.07, 6.45) is 6.53. The molecule has 2 rings (SSSR count). The fraction of sp³-hybridized carbons (Fsp3) is 0.111. The summed E-state index contributed by atoms with van der Waals surface area (Å²) in [5, 5.41) is 0.608. The minimum atomic E-state index is -0.0158. The van der Waals surface area contributed by atoms with E-state index in [0.717, 1.165) is 5.71 Å². The molecule has 1 aliphatic heterocycles. The maximum atomic E-state index is 11.4. The van der Waals surface area contributed by atoms with Gasteiger partial charge in [0.2, 0.25) is 0 Å². The third-order valence-corrected chi connectivity index (χ3v) is 3.01. The monoisotopic (exact) mass is 305 g/mol. The zero-order chi connectivity index (χ0) is 9.42. The van der Waals surface area contributed by atoms with Crippen molar-refractivity contribution in [2.45, 2.75) is 3.92 Å². The molecule has 0 bridgehead atoms. The number of allylic oxidation sites excluding steroid dienone is 5. The Bertz CT molecular complexity index is 392. The summed E-state index contributed by atoms with van der Waals surface area (Å²) >= 11 is 8.04. The highest BCUT2D eigenvalue weighted by Gasteiger charge is 2.25. The number of rotatable bonds is 0. The number of hydrogen-bond donors (Lipinski definition) is 0. The molecule has 0 fully saturated rings. The van der Waals surface area contributed by atoms with E-state index in [-0.39, 0.29) is 9.71 Å². The number of alkyl halides is 1. The van der Waals surface area contributed by atoms with E-state index in [1.807, 2.05) is 6.08 Å². The molecule has 1 heterocycles. The molecule has 0 aromatic rings. The lowest BCUT2D eigenvalue weighted by molar-refractivity contribution is -0.110. The number of fused-ring (bicyclic) bond motifs is 1. The highest BCUT2D eigenvalue weighted by molar-refractivity contribution is 14.1. The van der Waals surface area contributed by atoms with Gasteiger partial charge in [0.1, 0.15) is 0 Å². The van der Waals surface area contributed by atoms with Crippen LogP contribution in [0.3, 0.4) is 0 Å². The number of hydrogen-bond acceptors (Lipinski definition) is 2. The van der Waals surface area contributed by atoms with Crippen LogP contribution in [0.4, 0.5) is 0 Å². The van der Waals surface area contributed by atoms with Gasteiger partial charge in [0, 0.05) is 22.9 Å². The summed E-state index contributed by atoms with van der Waals surface area (Å²) in [5.41, 5.74) is 1.42. The van der Waals surface area contributed by atoms with E-state index in [0.29, 0.717) is 10.6 Å². The van der Waals surface area contributed by atoms with E-state index in [4.69, 9.17) is 11.6 Å². The third kappa shape index (κ3) is 1.62. The summed E-state index contributed by atoms with van der Waals surface area (Å²) < 4.78 is 0.0963. The number of ketones is 1. The van der Waals surface area contributed by atoms with Gasteiger partial charge in [0.25, 0.3) is 0 Å². The molecule has 0 aromatic heterocycles. The molecule has 0 saturated carbocycles. The predicted octanol–water partition coefficient (Wildman–Crippen LogP) is 2.39. The largest absolute Gasteiger partial charge is 0.289 e. The van der Waals surface area contributed by atoms with Crippen LogP contribution in [0, 0.1) is 0 Å². The summed E-state index contributed by atoms with van der Waals surface area (Å²) in [6.45, 7) is 0. The molecular formula is C9H5ClINO. The molecule has 0 saturated heterocycles. The molecule has 1 aliphatic carbocycles. The lowest BCUT2D eigenvalue weighted by Crippen LogP contribution is -2.24. The third-order valence-electron chi connectivity index (χ3n) is 1.83. The van der Waals surface area contributed by atoms with E-state index in [1.54, 1.807) is 6.08 Å². The number of carbonyl (C=O) groups excluding carboxylic acids is 1. The second-order valence-corrected chi connectivity index (χ2v) is 4.48. The Morgan fingerprint density at radius 1 is 1.54 bits per heavy atom. The lowest BCUT2D eigenvalue weighted by Gasteiger charge is -2.17. The zero-order valence-electron chi connectivity index (χ0n) is 6.50. The Morgan fingerprint density at radius 2 is 2.31 bits per heavy atom. The van der Waals surface area contributed by atoms with E-state index in [2.05, 4.69) is 27.6 Å². The minimum Gasteiger partial charge on any atom is -0.289 e. The molecule has 1 atom stereocenters. The standard InChI is InChI=1S/C9H5ClINO/c10-5-3-6-8(13)1-2-12-9(6)7(11)4-5/h1-4,7H. The number of aliphatic imine (C=N–C) groups is 1. The van der Waals surface area contributed by atoms with Gasteiger partial charge in [-0.05, 0) is 12.2 Å². The maximum absolute atomic E-state index is 11.4. The summed E-state index contributed by atoms with van der Waals surface area (Å²) in [6, 6.07) is 0.